The molecule has 3 aromatic carbocycles. The van der Waals surface area contributed by atoms with Crippen LogP contribution in [0.5, 0.6) is 0 Å². The number of esters is 1. The number of unbranched alkanes of at least 4 members (excludes halogenated alkanes) is 3. The van der Waals surface area contributed by atoms with Crippen molar-refractivity contribution in [1.29, 1.82) is 0 Å². The minimum atomic E-state index is -0.479. The molecular formula is C28H29FN4O2S. The monoisotopic (exact) mass is 504 g/mol. The third-order valence-corrected chi connectivity index (χ3v) is 6.76. The Bertz CT molecular complexity index is 1370. The summed E-state index contributed by atoms with van der Waals surface area (Å²) < 4.78 is 21.0. The molecule has 0 aliphatic heterocycles. The first kappa shape index (κ1) is 25.4. The smallest absolute Gasteiger partial charge is 0.338 e. The number of benzene rings is 3. The van der Waals surface area contributed by atoms with Crippen molar-refractivity contribution in [2.75, 3.05) is 25.6 Å². The maximum Gasteiger partial charge on any atom is 0.338 e. The van der Waals surface area contributed by atoms with E-state index in [1.165, 1.54) is 17.4 Å². The van der Waals surface area contributed by atoms with Crippen molar-refractivity contribution in [2.24, 2.45) is 10.2 Å². The molecule has 186 valence electrons. The van der Waals surface area contributed by atoms with E-state index in [0.29, 0.717) is 28.4 Å². The number of aromatic nitrogens is 1. The molecular weight excluding hydrogens is 475 g/mol. The van der Waals surface area contributed by atoms with Crippen LogP contribution in [0.25, 0.3) is 20.8 Å². The van der Waals surface area contributed by atoms with Crippen LogP contribution in [0.1, 0.15) is 43.0 Å². The van der Waals surface area contributed by atoms with E-state index in [-0.39, 0.29) is 11.7 Å². The molecule has 36 heavy (non-hydrogen) atoms. The predicted octanol–water partition coefficient (Wildman–Crippen LogP) is 8.32. The van der Waals surface area contributed by atoms with Crippen molar-refractivity contribution < 1.29 is 13.9 Å². The van der Waals surface area contributed by atoms with E-state index < -0.39 is 5.82 Å². The molecule has 0 unspecified atom stereocenters. The van der Waals surface area contributed by atoms with Gasteiger partial charge in [-0.15, -0.1) is 16.5 Å². The number of fused-ring (bicyclic) bond motifs is 1. The van der Waals surface area contributed by atoms with Crippen molar-refractivity contribution in [2.45, 2.75) is 32.6 Å². The van der Waals surface area contributed by atoms with Gasteiger partial charge in [0.25, 0.3) is 0 Å². The normalized spacial score (nSPS) is 11.3. The molecule has 4 aromatic rings. The number of azo groups is 1. The quantitative estimate of drug-likeness (QED) is 0.124. The summed E-state index contributed by atoms with van der Waals surface area (Å²) in [5.41, 5.74) is 3.73. The lowest BCUT2D eigenvalue weighted by atomic mass is 10.2. The lowest BCUT2D eigenvalue weighted by Crippen LogP contribution is -2.07. The average Bonchev–Trinajstić information content (AvgIpc) is 3.31. The van der Waals surface area contributed by atoms with Gasteiger partial charge in [-0.25, -0.2) is 14.2 Å². The minimum absolute atomic E-state index is 0.153. The summed E-state index contributed by atoms with van der Waals surface area (Å²) >= 11 is 1.40. The van der Waals surface area contributed by atoms with Gasteiger partial charge in [0, 0.05) is 25.3 Å². The van der Waals surface area contributed by atoms with Crippen LogP contribution in [0, 0.1) is 5.82 Å². The van der Waals surface area contributed by atoms with Crippen LogP contribution >= 0.6 is 11.3 Å². The van der Waals surface area contributed by atoms with Crippen LogP contribution in [0.3, 0.4) is 0 Å². The highest BCUT2D eigenvalue weighted by Gasteiger charge is 2.13. The van der Waals surface area contributed by atoms with Crippen molar-refractivity contribution in [3.63, 3.8) is 0 Å². The highest BCUT2D eigenvalue weighted by Crippen LogP contribution is 2.33. The highest BCUT2D eigenvalue weighted by molar-refractivity contribution is 7.21. The molecule has 0 radical (unpaired) electrons. The van der Waals surface area contributed by atoms with Gasteiger partial charge in [-0.05, 0) is 67.1 Å². The van der Waals surface area contributed by atoms with Gasteiger partial charge in [0.2, 0.25) is 0 Å². The zero-order chi connectivity index (χ0) is 25.5. The standard InChI is InChI=1S/C28H29FN4O2S/c1-4-5-6-7-16-35-28(34)20-9-15-25-26(18-20)36-27(30-25)19-8-14-24(23(29)17-19)32-31-21-10-12-22(13-11-21)33(2)3/h8-15,17-18H,4-7,16H2,1-3H3. The first-order valence-corrected chi connectivity index (χ1v) is 12.8. The number of hydrogen-bond acceptors (Lipinski definition) is 7. The molecule has 1 heterocycles. The van der Waals surface area contributed by atoms with E-state index in [4.69, 9.17) is 4.74 Å². The van der Waals surface area contributed by atoms with Crippen LogP contribution < -0.4 is 4.90 Å². The fraction of sp³-hybridized carbons (Fsp3) is 0.286. The molecule has 0 fully saturated rings. The summed E-state index contributed by atoms with van der Waals surface area (Å²) in [7, 11) is 3.92. The summed E-state index contributed by atoms with van der Waals surface area (Å²) in [4.78, 5) is 19.0. The lowest BCUT2D eigenvalue weighted by molar-refractivity contribution is 0.0498. The molecule has 0 amide bonds. The molecule has 0 aliphatic carbocycles. The summed E-state index contributed by atoms with van der Waals surface area (Å²) in [5, 5.41) is 8.88. The van der Waals surface area contributed by atoms with E-state index in [1.54, 1.807) is 30.3 Å². The Kier molecular flexibility index (Phi) is 8.38. The zero-order valence-electron chi connectivity index (χ0n) is 20.7. The number of halogens is 1. The molecule has 0 saturated heterocycles. The maximum atomic E-state index is 14.8. The second kappa shape index (κ2) is 11.9. The molecule has 0 bridgehead atoms. The van der Waals surface area contributed by atoms with Crippen LogP contribution in [0.2, 0.25) is 0 Å². The number of anilines is 1. The average molecular weight is 505 g/mol. The van der Waals surface area contributed by atoms with Crippen molar-refractivity contribution >= 4 is 44.6 Å². The summed E-state index contributed by atoms with van der Waals surface area (Å²) in [5.74, 6) is -0.812. The molecule has 6 nitrogen and oxygen atoms in total. The lowest BCUT2D eigenvalue weighted by Gasteiger charge is -2.11. The number of carbonyl (C=O) groups excluding carboxylic acids is 1. The molecule has 0 aliphatic rings. The predicted molar refractivity (Wildman–Crippen MR) is 144 cm³/mol. The first-order valence-electron chi connectivity index (χ1n) is 12.0. The molecule has 1 aromatic heterocycles. The third-order valence-electron chi connectivity index (χ3n) is 5.69. The van der Waals surface area contributed by atoms with Gasteiger partial charge in [-0.2, -0.15) is 5.11 Å². The molecule has 0 N–H and O–H groups in total. The fourth-order valence-corrected chi connectivity index (χ4v) is 4.60. The van der Waals surface area contributed by atoms with Crippen LogP contribution in [0.15, 0.2) is 70.9 Å². The molecule has 0 atom stereocenters. The Morgan fingerprint density at radius 1 is 1.00 bits per heavy atom. The number of nitrogens with zero attached hydrogens (tertiary/aromatic N) is 4. The summed E-state index contributed by atoms with van der Waals surface area (Å²) in [6.07, 6.45) is 4.21. The van der Waals surface area contributed by atoms with Gasteiger partial charge in [0.1, 0.15) is 10.7 Å². The molecule has 0 saturated carbocycles. The van der Waals surface area contributed by atoms with Gasteiger partial charge in [0.05, 0.1) is 28.1 Å². The van der Waals surface area contributed by atoms with E-state index in [2.05, 4.69) is 22.1 Å². The highest BCUT2D eigenvalue weighted by atomic mass is 32.1. The number of rotatable bonds is 10. The van der Waals surface area contributed by atoms with Crippen molar-refractivity contribution in [1.82, 2.24) is 4.98 Å². The number of carbonyl (C=O) groups is 1. The van der Waals surface area contributed by atoms with Gasteiger partial charge in [-0.3, -0.25) is 0 Å². The van der Waals surface area contributed by atoms with Crippen molar-refractivity contribution in [3.05, 3.63) is 72.0 Å². The summed E-state index contributed by atoms with van der Waals surface area (Å²) in [6, 6.07) is 17.6. The molecule has 4 rings (SSSR count). The minimum Gasteiger partial charge on any atom is -0.462 e. The van der Waals surface area contributed by atoms with Gasteiger partial charge >= 0.3 is 5.97 Å². The largest absolute Gasteiger partial charge is 0.462 e. The number of thiazole rings is 1. The van der Waals surface area contributed by atoms with Gasteiger partial charge < -0.3 is 9.64 Å². The Hall–Kier alpha value is -3.65. The second-order valence-corrected chi connectivity index (χ2v) is 9.71. The van der Waals surface area contributed by atoms with E-state index in [9.17, 15) is 9.18 Å². The maximum absolute atomic E-state index is 14.8. The number of hydrogen-bond donors (Lipinski definition) is 0. The molecule has 0 spiro atoms. The summed E-state index contributed by atoms with van der Waals surface area (Å²) in [6.45, 7) is 2.57. The fourth-order valence-electron chi connectivity index (χ4n) is 3.60. The number of ether oxygens (including phenoxy) is 1. The van der Waals surface area contributed by atoms with E-state index >= 15 is 0 Å². The topological polar surface area (TPSA) is 67.1 Å². The van der Waals surface area contributed by atoms with Crippen molar-refractivity contribution in [3.8, 4) is 10.6 Å². The van der Waals surface area contributed by atoms with Gasteiger partial charge in [-0.1, -0.05) is 26.2 Å². The third kappa shape index (κ3) is 6.31. The Morgan fingerprint density at radius 3 is 2.53 bits per heavy atom. The SMILES string of the molecule is CCCCCCOC(=O)c1ccc2nc(-c3ccc(N=Nc4ccc(N(C)C)cc4)c(F)c3)sc2c1. The van der Waals surface area contributed by atoms with E-state index in [1.807, 2.05) is 43.3 Å². The van der Waals surface area contributed by atoms with Crippen LogP contribution in [0.4, 0.5) is 21.5 Å². The molecule has 8 heteroatoms. The van der Waals surface area contributed by atoms with Gasteiger partial charge in [0.15, 0.2) is 5.82 Å². The van der Waals surface area contributed by atoms with Crippen LogP contribution in [-0.2, 0) is 4.74 Å². The van der Waals surface area contributed by atoms with Crippen LogP contribution in [-0.4, -0.2) is 31.7 Å². The van der Waals surface area contributed by atoms with E-state index in [0.717, 1.165) is 41.6 Å². The first-order chi connectivity index (χ1) is 17.4. The Labute approximate surface area is 214 Å². The zero-order valence-corrected chi connectivity index (χ0v) is 21.5. The Morgan fingerprint density at radius 2 is 1.81 bits per heavy atom. The Balaban J connectivity index is 1.45. The second-order valence-electron chi connectivity index (χ2n) is 8.68.